The molecular weight excluding hydrogens is 354 g/mol. The number of hydrogen-bond acceptors (Lipinski definition) is 4. The molecule has 0 saturated carbocycles. The lowest BCUT2D eigenvalue weighted by Crippen LogP contribution is -2.24. The van der Waals surface area contributed by atoms with Crippen molar-refractivity contribution in [2.24, 2.45) is 0 Å². The van der Waals surface area contributed by atoms with Crippen molar-refractivity contribution in [1.82, 2.24) is 4.90 Å². The summed E-state index contributed by atoms with van der Waals surface area (Å²) < 4.78 is 10.1. The highest BCUT2D eigenvalue weighted by molar-refractivity contribution is 6.16. The van der Waals surface area contributed by atoms with Crippen LogP contribution >= 0.6 is 0 Å². The number of ether oxygens (including phenoxy) is 2. The van der Waals surface area contributed by atoms with Gasteiger partial charge in [-0.2, -0.15) is 0 Å². The van der Waals surface area contributed by atoms with Gasteiger partial charge in [-0.15, -0.1) is 0 Å². The Hall–Kier alpha value is -3.34. The Balaban J connectivity index is 1.99. The third kappa shape index (κ3) is 3.83. The second kappa shape index (κ2) is 8.13. The molecule has 1 aliphatic heterocycles. The Kier molecular flexibility index (Phi) is 5.64. The lowest BCUT2D eigenvalue weighted by molar-refractivity contribution is -0.136. The number of methoxy groups -OCH3 is 2. The van der Waals surface area contributed by atoms with Gasteiger partial charge in [-0.25, -0.2) is 4.79 Å². The number of hydrogen-bond donors (Lipinski definition) is 0. The van der Waals surface area contributed by atoms with E-state index in [2.05, 4.69) is 0 Å². The van der Waals surface area contributed by atoms with Gasteiger partial charge in [-0.1, -0.05) is 42.0 Å². The number of allylic oxidation sites excluding steroid dienone is 1. The quantitative estimate of drug-likeness (QED) is 0.586. The van der Waals surface area contributed by atoms with Crippen LogP contribution in [0.4, 0.5) is 0 Å². The predicted molar refractivity (Wildman–Crippen MR) is 107 cm³/mol. The number of aryl methyl sites for hydroxylation is 1. The molecule has 1 aliphatic rings. The number of esters is 1. The summed E-state index contributed by atoms with van der Waals surface area (Å²) in [5, 5.41) is 0. The topological polar surface area (TPSA) is 55.8 Å². The van der Waals surface area contributed by atoms with E-state index >= 15 is 0 Å². The van der Waals surface area contributed by atoms with Gasteiger partial charge in [0.15, 0.2) is 0 Å². The van der Waals surface area contributed by atoms with Crippen LogP contribution in [-0.4, -0.2) is 31.0 Å². The first-order chi connectivity index (χ1) is 13.4. The zero-order chi connectivity index (χ0) is 20.3. The Morgan fingerprint density at radius 1 is 1.07 bits per heavy atom. The Morgan fingerprint density at radius 3 is 2.39 bits per heavy atom. The molecule has 0 fully saturated rings. The summed E-state index contributed by atoms with van der Waals surface area (Å²) in [5.74, 6) is 0.0243. The highest BCUT2D eigenvalue weighted by Gasteiger charge is 2.36. The molecule has 0 N–H and O–H groups in total. The summed E-state index contributed by atoms with van der Waals surface area (Å²) in [6, 6.07) is 15.3. The summed E-state index contributed by atoms with van der Waals surface area (Å²) in [4.78, 5) is 27.2. The normalized spacial score (nSPS) is 15.4. The summed E-state index contributed by atoms with van der Waals surface area (Å²) in [5.41, 5.74) is 4.13. The third-order valence-corrected chi connectivity index (χ3v) is 4.75. The lowest BCUT2D eigenvalue weighted by atomic mass is 10.0. The van der Waals surface area contributed by atoms with E-state index in [1.54, 1.807) is 25.0 Å². The first-order valence-electron chi connectivity index (χ1n) is 8.97. The fourth-order valence-electron chi connectivity index (χ4n) is 3.26. The number of nitrogens with zero attached hydrogens (tertiary/aromatic N) is 1. The number of carbonyl (C=O) groups is 2. The van der Waals surface area contributed by atoms with E-state index in [1.165, 1.54) is 7.11 Å². The van der Waals surface area contributed by atoms with Gasteiger partial charge in [0.1, 0.15) is 5.75 Å². The molecule has 0 aromatic heterocycles. The van der Waals surface area contributed by atoms with Gasteiger partial charge in [0.05, 0.1) is 31.9 Å². The standard InChI is InChI=1S/C23H23NO4/c1-15-6-5-7-18(12-15)13-20-21(23(26)28-4)16(2)24(22(20)25)14-17-8-10-19(27-3)11-9-17/h5-13H,14H2,1-4H3/b20-13-. The van der Waals surface area contributed by atoms with Crippen molar-refractivity contribution in [1.29, 1.82) is 0 Å². The van der Waals surface area contributed by atoms with E-state index in [1.807, 2.05) is 55.5 Å². The van der Waals surface area contributed by atoms with Gasteiger partial charge in [0.2, 0.25) is 0 Å². The maximum absolute atomic E-state index is 13.1. The van der Waals surface area contributed by atoms with Crippen LogP contribution < -0.4 is 4.74 Å². The SMILES string of the molecule is COC(=O)C1=C(C)N(Cc2ccc(OC)cc2)C(=O)/C1=C\c1cccc(C)c1. The molecule has 0 aliphatic carbocycles. The summed E-state index contributed by atoms with van der Waals surface area (Å²) in [7, 11) is 2.93. The van der Waals surface area contributed by atoms with Gasteiger partial charge >= 0.3 is 5.97 Å². The van der Waals surface area contributed by atoms with E-state index in [4.69, 9.17) is 9.47 Å². The molecule has 3 rings (SSSR count). The van der Waals surface area contributed by atoms with Crippen LogP contribution in [-0.2, 0) is 20.9 Å². The predicted octanol–water partition coefficient (Wildman–Crippen LogP) is 3.88. The van der Waals surface area contributed by atoms with E-state index in [0.717, 1.165) is 22.4 Å². The number of amides is 1. The molecule has 1 heterocycles. The largest absolute Gasteiger partial charge is 0.497 e. The maximum atomic E-state index is 13.1. The van der Waals surface area contributed by atoms with Crippen molar-refractivity contribution in [2.45, 2.75) is 20.4 Å². The molecule has 0 atom stereocenters. The van der Waals surface area contributed by atoms with Gasteiger partial charge in [0, 0.05) is 5.70 Å². The van der Waals surface area contributed by atoms with Crippen LogP contribution in [0, 0.1) is 6.92 Å². The average molecular weight is 377 g/mol. The minimum atomic E-state index is -0.512. The van der Waals surface area contributed by atoms with Crippen molar-refractivity contribution in [3.05, 3.63) is 82.1 Å². The molecule has 28 heavy (non-hydrogen) atoms. The first kappa shape index (κ1) is 19.4. The van der Waals surface area contributed by atoms with Crippen molar-refractivity contribution in [2.75, 3.05) is 14.2 Å². The molecular formula is C23H23NO4. The monoisotopic (exact) mass is 377 g/mol. The Morgan fingerprint density at radius 2 is 1.79 bits per heavy atom. The smallest absolute Gasteiger partial charge is 0.340 e. The van der Waals surface area contributed by atoms with Crippen molar-refractivity contribution in [3.63, 3.8) is 0 Å². The zero-order valence-corrected chi connectivity index (χ0v) is 16.5. The molecule has 0 bridgehead atoms. The summed E-state index contributed by atoms with van der Waals surface area (Å²) in [6.45, 7) is 4.11. The van der Waals surface area contributed by atoms with Crippen molar-refractivity contribution < 1.29 is 19.1 Å². The average Bonchev–Trinajstić information content (AvgIpc) is 2.92. The number of carbonyl (C=O) groups excluding carboxylic acids is 2. The summed E-state index contributed by atoms with van der Waals surface area (Å²) in [6.07, 6.45) is 1.75. The lowest BCUT2D eigenvalue weighted by Gasteiger charge is -2.18. The highest BCUT2D eigenvalue weighted by atomic mass is 16.5. The minimum Gasteiger partial charge on any atom is -0.497 e. The van der Waals surface area contributed by atoms with Gasteiger partial charge in [-0.3, -0.25) is 4.79 Å². The third-order valence-electron chi connectivity index (χ3n) is 4.75. The van der Waals surface area contributed by atoms with Crippen LogP contribution in [0.2, 0.25) is 0 Å². The molecule has 0 saturated heterocycles. The first-order valence-corrected chi connectivity index (χ1v) is 8.97. The van der Waals surface area contributed by atoms with Crippen LogP contribution in [0.5, 0.6) is 5.75 Å². The van der Waals surface area contributed by atoms with E-state index in [-0.39, 0.29) is 5.91 Å². The summed E-state index contributed by atoms with van der Waals surface area (Å²) >= 11 is 0. The van der Waals surface area contributed by atoms with Gasteiger partial charge in [-0.05, 0) is 43.2 Å². The Bertz CT molecular complexity index is 970. The molecule has 2 aromatic rings. The molecule has 144 valence electrons. The van der Waals surface area contributed by atoms with Gasteiger partial charge < -0.3 is 14.4 Å². The fraction of sp³-hybridized carbons (Fsp3) is 0.217. The van der Waals surface area contributed by atoms with E-state index in [9.17, 15) is 9.59 Å². The second-order valence-corrected chi connectivity index (χ2v) is 6.66. The second-order valence-electron chi connectivity index (χ2n) is 6.66. The molecule has 2 aromatic carbocycles. The van der Waals surface area contributed by atoms with Crippen LogP contribution in [0.1, 0.15) is 23.6 Å². The van der Waals surface area contributed by atoms with Crippen LogP contribution in [0.3, 0.4) is 0 Å². The van der Waals surface area contributed by atoms with Crippen LogP contribution in [0.15, 0.2) is 65.4 Å². The molecule has 0 radical (unpaired) electrons. The van der Waals surface area contributed by atoms with Crippen molar-refractivity contribution in [3.8, 4) is 5.75 Å². The Labute approximate surface area is 164 Å². The molecule has 0 spiro atoms. The minimum absolute atomic E-state index is 0.213. The molecule has 0 unspecified atom stereocenters. The molecule has 1 amide bonds. The maximum Gasteiger partial charge on any atom is 0.340 e. The highest BCUT2D eigenvalue weighted by Crippen LogP contribution is 2.33. The van der Waals surface area contributed by atoms with E-state index < -0.39 is 5.97 Å². The van der Waals surface area contributed by atoms with Crippen molar-refractivity contribution >= 4 is 18.0 Å². The zero-order valence-electron chi connectivity index (χ0n) is 16.5. The molecule has 5 nitrogen and oxygen atoms in total. The fourth-order valence-corrected chi connectivity index (χ4v) is 3.26. The van der Waals surface area contributed by atoms with E-state index in [0.29, 0.717) is 23.4 Å². The number of rotatable bonds is 5. The van der Waals surface area contributed by atoms with Gasteiger partial charge in [0.25, 0.3) is 5.91 Å². The van der Waals surface area contributed by atoms with Crippen LogP contribution in [0.25, 0.3) is 6.08 Å². The number of benzene rings is 2. The molecule has 5 heteroatoms.